The number of aromatic amines is 1. The van der Waals surface area contributed by atoms with Crippen LogP contribution in [0.25, 0.3) is 10.9 Å². The smallest absolute Gasteiger partial charge is 0.361 e. The van der Waals surface area contributed by atoms with Crippen molar-refractivity contribution in [2.45, 2.75) is 24.4 Å². The predicted octanol–water partition coefficient (Wildman–Crippen LogP) is 5.66. The Morgan fingerprint density at radius 1 is 0.909 bits per heavy atom. The van der Waals surface area contributed by atoms with Gasteiger partial charge < -0.3 is 4.98 Å². The SMILES string of the molecule is O=S(=O)(Cc1ccccc1C(F)(F)F)N1CCc2ccccc2[C@H]1c1c[nH]c2ccccc12. The minimum absolute atomic E-state index is 0.192. The van der Waals surface area contributed by atoms with Gasteiger partial charge >= 0.3 is 6.18 Å². The second-order valence-corrected chi connectivity index (χ2v) is 10.1. The molecule has 2 heterocycles. The van der Waals surface area contributed by atoms with E-state index in [1.165, 1.54) is 22.5 Å². The molecule has 0 fully saturated rings. The van der Waals surface area contributed by atoms with E-state index in [1.807, 2.05) is 48.5 Å². The van der Waals surface area contributed by atoms with Gasteiger partial charge in [0.2, 0.25) is 10.0 Å². The van der Waals surface area contributed by atoms with E-state index in [0.717, 1.165) is 33.7 Å². The summed E-state index contributed by atoms with van der Waals surface area (Å²) in [7, 11) is -4.09. The standard InChI is InChI=1S/C25H21F3N2O2S/c26-25(27,28)22-11-5-2-8-18(22)16-33(31,32)30-14-13-17-7-1-3-9-19(17)24(30)21-15-29-23-12-6-4-10-20(21)23/h1-12,15,24,29H,13-14,16H2/t24-/m0/s1. The summed E-state index contributed by atoms with van der Waals surface area (Å²) in [5, 5.41) is 0.884. The quantitative estimate of drug-likeness (QED) is 0.418. The lowest BCUT2D eigenvalue weighted by atomic mass is 9.90. The highest BCUT2D eigenvalue weighted by molar-refractivity contribution is 7.88. The monoisotopic (exact) mass is 470 g/mol. The van der Waals surface area contributed by atoms with E-state index in [4.69, 9.17) is 0 Å². The second kappa shape index (κ2) is 8.04. The van der Waals surface area contributed by atoms with Gasteiger partial charge in [0.15, 0.2) is 0 Å². The number of para-hydroxylation sites is 1. The minimum Gasteiger partial charge on any atom is -0.361 e. The Bertz CT molecular complexity index is 1430. The Kier molecular flexibility index (Phi) is 5.29. The third kappa shape index (κ3) is 3.94. The third-order valence-electron chi connectivity index (χ3n) is 6.17. The van der Waals surface area contributed by atoms with E-state index in [1.54, 1.807) is 6.20 Å². The number of hydrogen-bond acceptors (Lipinski definition) is 2. The molecule has 3 aromatic carbocycles. The van der Waals surface area contributed by atoms with Gasteiger partial charge in [-0.25, -0.2) is 8.42 Å². The highest BCUT2D eigenvalue weighted by atomic mass is 32.2. The summed E-state index contributed by atoms with van der Waals surface area (Å²) in [4.78, 5) is 3.20. The van der Waals surface area contributed by atoms with Crippen molar-refractivity contribution in [3.8, 4) is 0 Å². The molecule has 1 N–H and O–H groups in total. The summed E-state index contributed by atoms with van der Waals surface area (Å²) in [6, 6.07) is 19.5. The average Bonchev–Trinajstić information content (AvgIpc) is 3.21. The number of hydrogen-bond donors (Lipinski definition) is 1. The molecule has 0 unspecified atom stereocenters. The van der Waals surface area contributed by atoms with Crippen molar-refractivity contribution in [1.82, 2.24) is 9.29 Å². The number of halogens is 3. The van der Waals surface area contributed by atoms with Crippen molar-refractivity contribution >= 4 is 20.9 Å². The molecule has 1 aromatic heterocycles. The van der Waals surface area contributed by atoms with Crippen molar-refractivity contribution in [2.75, 3.05) is 6.54 Å². The summed E-state index contributed by atoms with van der Waals surface area (Å²) in [6.45, 7) is 0.192. The predicted molar refractivity (Wildman–Crippen MR) is 121 cm³/mol. The van der Waals surface area contributed by atoms with Crippen molar-refractivity contribution in [3.05, 3.63) is 107 Å². The lowest BCUT2D eigenvalue weighted by molar-refractivity contribution is -0.138. The maximum Gasteiger partial charge on any atom is 0.416 e. The molecule has 0 saturated heterocycles. The Hall–Kier alpha value is -3.10. The fraction of sp³-hybridized carbons (Fsp3) is 0.200. The highest BCUT2D eigenvalue weighted by Gasteiger charge is 2.39. The van der Waals surface area contributed by atoms with Crippen LogP contribution in [0, 0.1) is 0 Å². The van der Waals surface area contributed by atoms with Crippen LogP contribution >= 0.6 is 0 Å². The molecule has 1 aliphatic rings. The molecule has 0 bridgehead atoms. The van der Waals surface area contributed by atoms with Gasteiger partial charge in [-0.2, -0.15) is 17.5 Å². The molecular weight excluding hydrogens is 449 g/mol. The molecule has 8 heteroatoms. The van der Waals surface area contributed by atoms with Crippen molar-refractivity contribution in [1.29, 1.82) is 0 Å². The largest absolute Gasteiger partial charge is 0.416 e. The van der Waals surface area contributed by atoms with Crippen LogP contribution in [0.4, 0.5) is 13.2 Å². The molecule has 0 aliphatic carbocycles. The number of H-pyrrole nitrogens is 1. The number of sulfonamides is 1. The lowest BCUT2D eigenvalue weighted by Crippen LogP contribution is -2.41. The Morgan fingerprint density at radius 3 is 2.42 bits per heavy atom. The number of benzene rings is 3. The van der Waals surface area contributed by atoms with Crippen LogP contribution in [0.1, 0.15) is 33.9 Å². The first-order valence-electron chi connectivity index (χ1n) is 10.5. The molecule has 0 radical (unpaired) electrons. The summed E-state index contributed by atoms with van der Waals surface area (Å²) >= 11 is 0. The maximum absolute atomic E-state index is 13.6. The Morgan fingerprint density at radius 2 is 1.61 bits per heavy atom. The molecule has 0 spiro atoms. The fourth-order valence-electron chi connectivity index (χ4n) is 4.69. The summed E-state index contributed by atoms with van der Waals surface area (Å²) in [5.41, 5.74) is 2.37. The fourth-order valence-corrected chi connectivity index (χ4v) is 6.42. The van der Waals surface area contributed by atoms with Crippen LogP contribution in [0.2, 0.25) is 0 Å². The van der Waals surface area contributed by atoms with Crippen molar-refractivity contribution in [3.63, 3.8) is 0 Å². The number of nitrogens with zero attached hydrogens (tertiary/aromatic N) is 1. The van der Waals surface area contributed by atoms with Gasteiger partial charge in [0.1, 0.15) is 0 Å². The van der Waals surface area contributed by atoms with Crippen LogP contribution in [-0.2, 0) is 28.4 Å². The van der Waals surface area contributed by atoms with Crippen molar-refractivity contribution in [2.24, 2.45) is 0 Å². The van der Waals surface area contributed by atoms with Gasteiger partial charge in [0.25, 0.3) is 0 Å². The molecule has 0 saturated carbocycles. The minimum atomic E-state index is -4.63. The van der Waals surface area contributed by atoms with Gasteiger partial charge in [-0.3, -0.25) is 0 Å². The zero-order valence-electron chi connectivity index (χ0n) is 17.5. The molecule has 4 nitrogen and oxygen atoms in total. The zero-order chi connectivity index (χ0) is 23.2. The normalized spacial score (nSPS) is 17.2. The van der Waals surface area contributed by atoms with E-state index in [-0.39, 0.29) is 12.1 Å². The third-order valence-corrected chi connectivity index (χ3v) is 7.96. The van der Waals surface area contributed by atoms with E-state index < -0.39 is 33.6 Å². The van der Waals surface area contributed by atoms with Gasteiger partial charge in [-0.05, 0) is 35.2 Å². The summed E-state index contributed by atoms with van der Waals surface area (Å²) < 4.78 is 69.2. The number of rotatable bonds is 4. The molecular formula is C25H21F3N2O2S. The number of fused-ring (bicyclic) bond motifs is 2. The lowest BCUT2D eigenvalue weighted by Gasteiger charge is -2.36. The molecule has 1 aliphatic heterocycles. The summed E-state index contributed by atoms with van der Waals surface area (Å²) in [5.74, 6) is -0.719. The molecule has 4 aromatic rings. The average molecular weight is 471 g/mol. The zero-order valence-corrected chi connectivity index (χ0v) is 18.3. The van der Waals surface area contributed by atoms with E-state index >= 15 is 0 Å². The van der Waals surface area contributed by atoms with Crippen LogP contribution in [-0.4, -0.2) is 24.3 Å². The number of aromatic nitrogens is 1. The van der Waals surface area contributed by atoms with Crippen molar-refractivity contribution < 1.29 is 21.6 Å². The topological polar surface area (TPSA) is 53.2 Å². The second-order valence-electron chi connectivity index (χ2n) is 8.16. The number of nitrogens with one attached hydrogen (secondary N) is 1. The first-order chi connectivity index (χ1) is 15.8. The van der Waals surface area contributed by atoms with Crippen LogP contribution in [0.3, 0.4) is 0 Å². The molecule has 0 amide bonds. The Labute approximate surface area is 189 Å². The Balaban J connectivity index is 1.63. The van der Waals surface area contributed by atoms with Crippen LogP contribution in [0.5, 0.6) is 0 Å². The van der Waals surface area contributed by atoms with E-state index in [0.29, 0.717) is 6.42 Å². The van der Waals surface area contributed by atoms with E-state index in [9.17, 15) is 21.6 Å². The van der Waals surface area contributed by atoms with Crippen LogP contribution in [0.15, 0.2) is 79.0 Å². The first kappa shape index (κ1) is 21.7. The first-order valence-corrected chi connectivity index (χ1v) is 12.1. The van der Waals surface area contributed by atoms with Crippen LogP contribution < -0.4 is 0 Å². The summed E-state index contributed by atoms with van der Waals surface area (Å²) in [6.07, 6.45) is -2.34. The van der Waals surface area contributed by atoms with Gasteiger partial charge in [0.05, 0.1) is 17.4 Å². The van der Waals surface area contributed by atoms with Gasteiger partial charge in [-0.15, -0.1) is 0 Å². The van der Waals surface area contributed by atoms with E-state index in [2.05, 4.69) is 4.98 Å². The molecule has 170 valence electrons. The molecule has 33 heavy (non-hydrogen) atoms. The number of alkyl halides is 3. The van der Waals surface area contributed by atoms with Gasteiger partial charge in [0, 0.05) is 29.2 Å². The molecule has 1 atom stereocenters. The highest BCUT2D eigenvalue weighted by Crippen LogP contribution is 2.41. The van der Waals surface area contributed by atoms with Gasteiger partial charge in [-0.1, -0.05) is 60.7 Å². The maximum atomic E-state index is 13.6. The molecule has 5 rings (SSSR count).